The van der Waals surface area contributed by atoms with Crippen LogP contribution in [0.25, 0.3) is 0 Å². The molecule has 1 aromatic carbocycles. The van der Waals surface area contributed by atoms with Gasteiger partial charge in [0.1, 0.15) is 5.82 Å². The lowest BCUT2D eigenvalue weighted by atomic mass is 10.2. The summed E-state index contributed by atoms with van der Waals surface area (Å²) in [5, 5.41) is 6.43. The molecule has 0 atom stereocenters. The minimum atomic E-state index is -0.423. The highest BCUT2D eigenvalue weighted by Crippen LogP contribution is 2.26. The Morgan fingerprint density at radius 3 is 3.11 bits per heavy atom. The number of anilines is 1. The summed E-state index contributed by atoms with van der Waals surface area (Å²) in [5.74, 6) is -0.761. The minimum absolute atomic E-state index is 0.295. The summed E-state index contributed by atoms with van der Waals surface area (Å²) < 4.78 is 13.0. The molecule has 2 heterocycles. The van der Waals surface area contributed by atoms with Crippen LogP contribution in [0, 0.1) is 5.82 Å². The molecule has 0 saturated heterocycles. The van der Waals surface area contributed by atoms with Crippen molar-refractivity contribution >= 4 is 22.4 Å². The first-order valence-corrected chi connectivity index (χ1v) is 6.30. The van der Waals surface area contributed by atoms with Gasteiger partial charge >= 0.3 is 0 Å². The Kier molecular flexibility index (Phi) is 2.81. The van der Waals surface area contributed by atoms with Gasteiger partial charge in [-0.1, -0.05) is 6.07 Å². The van der Waals surface area contributed by atoms with E-state index in [0.29, 0.717) is 10.7 Å². The second-order valence-corrected chi connectivity index (χ2v) is 5.04. The number of carbonyl (C=O) groups excluding carboxylic acids is 1. The first-order valence-electron chi connectivity index (χ1n) is 5.48. The largest absolute Gasteiger partial charge is 0.306 e. The maximum absolute atomic E-state index is 13.0. The number of halogens is 1. The molecule has 1 aliphatic rings. The number of rotatable bonds is 2. The lowest BCUT2D eigenvalue weighted by Gasteiger charge is -2.01. The number of hydrogen-bond acceptors (Lipinski definition) is 4. The van der Waals surface area contributed by atoms with E-state index >= 15 is 0 Å². The number of amides is 1. The van der Waals surface area contributed by atoms with Crippen molar-refractivity contribution in [1.82, 2.24) is 10.3 Å². The lowest BCUT2D eigenvalue weighted by molar-refractivity contribution is 0.102. The Hall–Kier alpha value is -1.79. The summed E-state index contributed by atoms with van der Waals surface area (Å²) in [5.41, 5.74) is 1.28. The number of carbonyl (C=O) groups is 1. The highest BCUT2D eigenvalue weighted by atomic mass is 32.1. The highest BCUT2D eigenvalue weighted by Gasteiger charge is 2.17. The molecule has 0 radical (unpaired) electrons. The van der Waals surface area contributed by atoms with E-state index in [-0.39, 0.29) is 5.91 Å². The van der Waals surface area contributed by atoms with Crippen LogP contribution < -0.4 is 10.6 Å². The van der Waals surface area contributed by atoms with Crippen LogP contribution in [0.4, 0.5) is 9.52 Å². The number of aromatic nitrogens is 1. The fourth-order valence-electron chi connectivity index (χ4n) is 1.81. The van der Waals surface area contributed by atoms with Crippen LogP contribution in [0.15, 0.2) is 24.3 Å². The molecule has 6 heteroatoms. The maximum Gasteiger partial charge on any atom is 0.257 e. The standard InChI is InChI=1S/C12H10FN3OS/c13-8-3-1-2-7(4-8)11(17)16-12-15-9-5-14-6-10(9)18-12/h1-4,14H,5-6H2,(H,15,16,17). The van der Waals surface area contributed by atoms with E-state index < -0.39 is 5.82 Å². The van der Waals surface area contributed by atoms with Gasteiger partial charge in [-0.05, 0) is 18.2 Å². The average molecular weight is 263 g/mol. The Labute approximate surface area is 107 Å². The summed E-state index contributed by atoms with van der Waals surface area (Å²) in [6, 6.07) is 5.59. The topological polar surface area (TPSA) is 54.0 Å². The molecule has 18 heavy (non-hydrogen) atoms. The molecular weight excluding hydrogens is 253 g/mol. The molecule has 1 aliphatic heterocycles. The van der Waals surface area contributed by atoms with Gasteiger partial charge in [0.2, 0.25) is 0 Å². The van der Waals surface area contributed by atoms with Crippen molar-refractivity contribution in [3.05, 3.63) is 46.2 Å². The van der Waals surface area contributed by atoms with Crippen LogP contribution in [0.1, 0.15) is 20.9 Å². The summed E-state index contributed by atoms with van der Waals surface area (Å²) >= 11 is 1.45. The Balaban J connectivity index is 1.78. The Morgan fingerprint density at radius 2 is 2.33 bits per heavy atom. The molecule has 2 N–H and O–H groups in total. The van der Waals surface area contributed by atoms with Gasteiger partial charge in [0, 0.05) is 23.5 Å². The second kappa shape index (κ2) is 4.47. The number of nitrogens with one attached hydrogen (secondary N) is 2. The van der Waals surface area contributed by atoms with Crippen molar-refractivity contribution in [2.75, 3.05) is 5.32 Å². The molecule has 0 aliphatic carbocycles. The van der Waals surface area contributed by atoms with Gasteiger partial charge in [-0.3, -0.25) is 10.1 Å². The number of thiazole rings is 1. The molecular formula is C12H10FN3OS. The molecule has 1 amide bonds. The Morgan fingerprint density at radius 1 is 1.44 bits per heavy atom. The van der Waals surface area contributed by atoms with Gasteiger partial charge in [0.15, 0.2) is 5.13 Å². The molecule has 0 unspecified atom stereocenters. The van der Waals surface area contributed by atoms with Crippen molar-refractivity contribution in [3.63, 3.8) is 0 Å². The summed E-state index contributed by atoms with van der Waals surface area (Å²) in [7, 11) is 0. The SMILES string of the molecule is O=C(Nc1nc2c(s1)CNC2)c1cccc(F)c1. The molecule has 0 saturated carbocycles. The van der Waals surface area contributed by atoms with Crippen molar-refractivity contribution in [1.29, 1.82) is 0 Å². The lowest BCUT2D eigenvalue weighted by Crippen LogP contribution is -2.12. The number of fused-ring (bicyclic) bond motifs is 1. The van der Waals surface area contributed by atoms with Gasteiger partial charge in [-0.2, -0.15) is 0 Å². The van der Waals surface area contributed by atoms with E-state index in [1.807, 2.05) is 0 Å². The maximum atomic E-state index is 13.0. The summed E-state index contributed by atoms with van der Waals surface area (Å²) in [6.45, 7) is 1.53. The van der Waals surface area contributed by atoms with Gasteiger partial charge in [-0.25, -0.2) is 9.37 Å². The van der Waals surface area contributed by atoms with Crippen molar-refractivity contribution in [2.24, 2.45) is 0 Å². The smallest absolute Gasteiger partial charge is 0.257 e. The number of nitrogens with zero attached hydrogens (tertiary/aromatic N) is 1. The van der Waals surface area contributed by atoms with Crippen molar-refractivity contribution < 1.29 is 9.18 Å². The van der Waals surface area contributed by atoms with Gasteiger partial charge < -0.3 is 5.32 Å². The van der Waals surface area contributed by atoms with Crippen LogP contribution in [0.5, 0.6) is 0 Å². The number of benzene rings is 1. The van der Waals surface area contributed by atoms with Crippen molar-refractivity contribution in [2.45, 2.75) is 13.1 Å². The summed E-state index contributed by atoms with van der Waals surface area (Å²) in [4.78, 5) is 17.3. The molecule has 0 fully saturated rings. The van der Waals surface area contributed by atoms with Gasteiger partial charge in [-0.15, -0.1) is 11.3 Å². The predicted molar refractivity (Wildman–Crippen MR) is 67.0 cm³/mol. The van der Waals surface area contributed by atoms with E-state index in [9.17, 15) is 9.18 Å². The third kappa shape index (κ3) is 2.12. The third-order valence-electron chi connectivity index (χ3n) is 2.66. The molecule has 92 valence electrons. The van der Waals surface area contributed by atoms with E-state index in [0.717, 1.165) is 23.7 Å². The van der Waals surface area contributed by atoms with Crippen molar-refractivity contribution in [3.8, 4) is 0 Å². The molecule has 1 aromatic heterocycles. The molecule has 2 aromatic rings. The zero-order chi connectivity index (χ0) is 12.5. The monoisotopic (exact) mass is 263 g/mol. The fourth-order valence-corrected chi connectivity index (χ4v) is 2.75. The van der Waals surface area contributed by atoms with Crippen LogP contribution >= 0.6 is 11.3 Å². The van der Waals surface area contributed by atoms with Gasteiger partial charge in [0.25, 0.3) is 5.91 Å². The number of hydrogen-bond donors (Lipinski definition) is 2. The second-order valence-electron chi connectivity index (χ2n) is 3.96. The van der Waals surface area contributed by atoms with E-state index in [1.165, 1.54) is 29.5 Å². The van der Waals surface area contributed by atoms with Crippen LogP contribution in [0.3, 0.4) is 0 Å². The third-order valence-corrected chi connectivity index (χ3v) is 3.68. The highest BCUT2D eigenvalue weighted by molar-refractivity contribution is 7.15. The predicted octanol–water partition coefficient (Wildman–Crippen LogP) is 2.14. The molecule has 0 spiro atoms. The van der Waals surface area contributed by atoms with E-state index in [2.05, 4.69) is 15.6 Å². The molecule has 3 rings (SSSR count). The molecule has 4 nitrogen and oxygen atoms in total. The summed E-state index contributed by atoms with van der Waals surface area (Å²) in [6.07, 6.45) is 0. The van der Waals surface area contributed by atoms with E-state index in [1.54, 1.807) is 6.07 Å². The molecule has 0 bridgehead atoms. The fraction of sp³-hybridized carbons (Fsp3) is 0.167. The van der Waals surface area contributed by atoms with Crippen LogP contribution in [0.2, 0.25) is 0 Å². The normalized spacial score (nSPS) is 13.4. The van der Waals surface area contributed by atoms with Gasteiger partial charge in [0.05, 0.1) is 5.69 Å². The zero-order valence-electron chi connectivity index (χ0n) is 9.37. The first kappa shape index (κ1) is 11.3. The van der Waals surface area contributed by atoms with Crippen LogP contribution in [-0.4, -0.2) is 10.9 Å². The zero-order valence-corrected chi connectivity index (χ0v) is 10.2. The first-order chi connectivity index (χ1) is 8.72. The Bertz CT molecular complexity index is 590. The van der Waals surface area contributed by atoms with E-state index in [4.69, 9.17) is 0 Å². The quantitative estimate of drug-likeness (QED) is 0.872. The average Bonchev–Trinajstić information content (AvgIpc) is 2.89. The van der Waals surface area contributed by atoms with Crippen LogP contribution in [-0.2, 0) is 13.1 Å². The minimum Gasteiger partial charge on any atom is -0.306 e.